The van der Waals surface area contributed by atoms with Crippen molar-refractivity contribution in [2.45, 2.75) is 42.8 Å². The van der Waals surface area contributed by atoms with Gasteiger partial charge >= 0.3 is 6.03 Å². The number of rotatable bonds is 5. The fourth-order valence-corrected chi connectivity index (χ4v) is 3.99. The second kappa shape index (κ2) is 8.93. The van der Waals surface area contributed by atoms with Gasteiger partial charge < -0.3 is 10.1 Å². The molecule has 3 amide bonds. The number of amides is 3. The van der Waals surface area contributed by atoms with Crippen molar-refractivity contribution in [3.05, 3.63) is 33.6 Å². The number of hydrogen-bond acceptors (Lipinski definition) is 6. The van der Waals surface area contributed by atoms with E-state index in [2.05, 4.69) is 15.6 Å². The van der Waals surface area contributed by atoms with Crippen LogP contribution in [0.3, 0.4) is 0 Å². The van der Waals surface area contributed by atoms with E-state index in [1.54, 1.807) is 29.7 Å². The van der Waals surface area contributed by atoms with Crippen LogP contribution in [0, 0.1) is 0 Å². The molecule has 1 aromatic heterocycles. The Morgan fingerprint density at radius 3 is 2.93 bits per heavy atom. The van der Waals surface area contributed by atoms with E-state index in [1.807, 2.05) is 0 Å². The van der Waals surface area contributed by atoms with Crippen LogP contribution >= 0.6 is 23.4 Å². The molecule has 0 spiro atoms. The summed E-state index contributed by atoms with van der Waals surface area (Å²) in [6, 6.07) is 4.33. The second-order valence-corrected chi connectivity index (χ2v) is 8.18. The SMILES string of the molecule is CNC(=O)NC(=O)C(C)Sc1nc2cc(Cl)ccc2c(=O)n1CC1CCCO1. The molecular formula is C18H21ClN4O4S. The summed E-state index contributed by atoms with van der Waals surface area (Å²) in [5.74, 6) is -0.478. The third kappa shape index (κ3) is 4.65. The Hall–Kier alpha value is -2.10. The monoisotopic (exact) mass is 424 g/mol. The molecule has 2 heterocycles. The Morgan fingerprint density at radius 2 is 2.25 bits per heavy atom. The molecule has 2 atom stereocenters. The van der Waals surface area contributed by atoms with Gasteiger partial charge in [0.15, 0.2) is 5.16 Å². The molecule has 1 saturated heterocycles. The molecule has 1 aliphatic rings. The van der Waals surface area contributed by atoms with Crippen LogP contribution in [0.5, 0.6) is 0 Å². The van der Waals surface area contributed by atoms with Crippen molar-refractivity contribution in [1.82, 2.24) is 20.2 Å². The van der Waals surface area contributed by atoms with Crippen molar-refractivity contribution in [3.63, 3.8) is 0 Å². The smallest absolute Gasteiger partial charge is 0.321 e. The van der Waals surface area contributed by atoms with Gasteiger partial charge in [-0.15, -0.1) is 0 Å². The van der Waals surface area contributed by atoms with Crippen LogP contribution in [-0.4, -0.2) is 46.5 Å². The number of urea groups is 1. The topological polar surface area (TPSA) is 102 Å². The van der Waals surface area contributed by atoms with Gasteiger partial charge in [0, 0.05) is 18.7 Å². The molecule has 1 aromatic carbocycles. The largest absolute Gasteiger partial charge is 0.376 e. The Morgan fingerprint density at radius 1 is 1.46 bits per heavy atom. The number of fused-ring (bicyclic) bond motifs is 1. The van der Waals surface area contributed by atoms with Gasteiger partial charge in [0.1, 0.15) is 0 Å². The minimum absolute atomic E-state index is 0.0707. The first kappa shape index (κ1) is 20.6. The lowest BCUT2D eigenvalue weighted by Gasteiger charge is -2.18. The molecule has 28 heavy (non-hydrogen) atoms. The molecule has 3 rings (SSSR count). The van der Waals surface area contributed by atoms with Crippen LogP contribution in [0.4, 0.5) is 4.79 Å². The van der Waals surface area contributed by atoms with E-state index in [0.29, 0.717) is 34.2 Å². The Kier molecular flexibility index (Phi) is 6.58. The number of hydrogen-bond donors (Lipinski definition) is 2. The van der Waals surface area contributed by atoms with Gasteiger partial charge in [-0.05, 0) is 38.0 Å². The van der Waals surface area contributed by atoms with E-state index in [4.69, 9.17) is 16.3 Å². The molecule has 0 aliphatic carbocycles. The zero-order valence-corrected chi connectivity index (χ0v) is 17.1. The second-order valence-electron chi connectivity index (χ2n) is 6.44. The van der Waals surface area contributed by atoms with E-state index in [1.165, 1.54) is 7.05 Å². The van der Waals surface area contributed by atoms with Crippen molar-refractivity contribution < 1.29 is 14.3 Å². The number of aromatic nitrogens is 2. The number of ether oxygens (including phenoxy) is 1. The maximum absolute atomic E-state index is 13.1. The summed E-state index contributed by atoms with van der Waals surface area (Å²) in [6.45, 7) is 2.67. The standard InChI is InChI=1S/C18H21ClN4O4S/c1-10(15(24)22-17(26)20-2)28-18-21-14-8-11(19)5-6-13(14)16(25)23(18)9-12-4-3-7-27-12/h5-6,8,10,12H,3-4,7,9H2,1-2H3,(H2,20,22,24,26). The van der Waals surface area contributed by atoms with E-state index >= 15 is 0 Å². The summed E-state index contributed by atoms with van der Waals surface area (Å²) in [6.07, 6.45) is 1.74. The summed E-state index contributed by atoms with van der Waals surface area (Å²) in [5.41, 5.74) is 0.251. The number of carbonyl (C=O) groups is 2. The highest BCUT2D eigenvalue weighted by Gasteiger charge is 2.24. The van der Waals surface area contributed by atoms with Gasteiger partial charge in [0.05, 0.1) is 28.8 Å². The summed E-state index contributed by atoms with van der Waals surface area (Å²) < 4.78 is 7.21. The summed E-state index contributed by atoms with van der Waals surface area (Å²) in [7, 11) is 1.42. The normalized spacial score (nSPS) is 17.5. The molecule has 2 unspecified atom stereocenters. The lowest BCUT2D eigenvalue weighted by molar-refractivity contribution is -0.119. The molecule has 10 heteroatoms. The van der Waals surface area contributed by atoms with Crippen molar-refractivity contribution in [2.24, 2.45) is 0 Å². The Balaban J connectivity index is 1.96. The quantitative estimate of drug-likeness (QED) is 0.563. The van der Waals surface area contributed by atoms with Gasteiger partial charge in [0.2, 0.25) is 5.91 Å². The van der Waals surface area contributed by atoms with Crippen LogP contribution in [0.1, 0.15) is 19.8 Å². The third-order valence-corrected chi connectivity index (χ3v) is 5.73. The highest BCUT2D eigenvalue weighted by molar-refractivity contribution is 8.00. The average molecular weight is 425 g/mol. The number of imide groups is 1. The molecule has 2 N–H and O–H groups in total. The summed E-state index contributed by atoms with van der Waals surface area (Å²) >= 11 is 7.16. The number of halogens is 1. The third-order valence-electron chi connectivity index (χ3n) is 4.41. The maximum atomic E-state index is 13.1. The van der Waals surface area contributed by atoms with Crippen LogP contribution in [0.15, 0.2) is 28.2 Å². The minimum Gasteiger partial charge on any atom is -0.376 e. The van der Waals surface area contributed by atoms with Crippen molar-refractivity contribution in [1.29, 1.82) is 0 Å². The molecule has 8 nitrogen and oxygen atoms in total. The molecule has 0 saturated carbocycles. The number of benzene rings is 1. The van der Waals surface area contributed by atoms with E-state index < -0.39 is 17.2 Å². The lowest BCUT2D eigenvalue weighted by atomic mass is 10.2. The van der Waals surface area contributed by atoms with Crippen LogP contribution in [0.2, 0.25) is 5.02 Å². The molecule has 1 aliphatic heterocycles. The van der Waals surface area contributed by atoms with Gasteiger partial charge in [-0.3, -0.25) is 19.5 Å². The number of carbonyl (C=O) groups excluding carboxylic acids is 2. The first-order valence-electron chi connectivity index (χ1n) is 8.90. The highest BCUT2D eigenvalue weighted by atomic mass is 35.5. The van der Waals surface area contributed by atoms with Gasteiger partial charge in [0.25, 0.3) is 5.56 Å². The fraction of sp³-hybridized carbons (Fsp3) is 0.444. The number of nitrogens with one attached hydrogen (secondary N) is 2. The van der Waals surface area contributed by atoms with Crippen molar-refractivity contribution in [3.8, 4) is 0 Å². The minimum atomic E-state index is -0.642. The average Bonchev–Trinajstić information content (AvgIpc) is 3.17. The maximum Gasteiger partial charge on any atom is 0.321 e. The first-order valence-corrected chi connectivity index (χ1v) is 10.2. The van der Waals surface area contributed by atoms with Crippen LogP contribution in [-0.2, 0) is 16.1 Å². The highest BCUT2D eigenvalue weighted by Crippen LogP contribution is 2.25. The Labute approximate surface area is 171 Å². The zero-order valence-electron chi connectivity index (χ0n) is 15.5. The predicted molar refractivity (Wildman–Crippen MR) is 108 cm³/mol. The van der Waals surface area contributed by atoms with Crippen LogP contribution in [0.25, 0.3) is 10.9 Å². The van der Waals surface area contributed by atoms with E-state index in [0.717, 1.165) is 24.6 Å². The van der Waals surface area contributed by atoms with E-state index in [9.17, 15) is 14.4 Å². The summed E-state index contributed by atoms with van der Waals surface area (Å²) in [5, 5.41) is 5.23. The van der Waals surface area contributed by atoms with Gasteiger partial charge in [-0.2, -0.15) is 0 Å². The van der Waals surface area contributed by atoms with Crippen LogP contribution < -0.4 is 16.2 Å². The zero-order chi connectivity index (χ0) is 20.3. The van der Waals surface area contributed by atoms with Gasteiger partial charge in [-0.25, -0.2) is 9.78 Å². The van der Waals surface area contributed by atoms with Crippen molar-refractivity contribution in [2.75, 3.05) is 13.7 Å². The summed E-state index contributed by atoms with van der Waals surface area (Å²) in [4.78, 5) is 41.2. The fourth-order valence-electron chi connectivity index (χ4n) is 2.90. The van der Waals surface area contributed by atoms with Gasteiger partial charge in [-0.1, -0.05) is 23.4 Å². The number of thioether (sulfide) groups is 1. The first-order chi connectivity index (χ1) is 13.4. The molecule has 1 fully saturated rings. The Bertz CT molecular complexity index is 958. The molecular weight excluding hydrogens is 404 g/mol. The number of nitrogens with zero attached hydrogens (tertiary/aromatic N) is 2. The molecule has 0 radical (unpaired) electrons. The lowest BCUT2D eigenvalue weighted by Crippen LogP contribution is -2.41. The van der Waals surface area contributed by atoms with E-state index in [-0.39, 0.29) is 11.7 Å². The molecule has 150 valence electrons. The van der Waals surface area contributed by atoms with Crippen molar-refractivity contribution >= 4 is 46.2 Å². The predicted octanol–water partition coefficient (Wildman–Crippen LogP) is 2.17. The molecule has 2 aromatic rings. The molecule has 0 bridgehead atoms.